The van der Waals surface area contributed by atoms with E-state index in [0.29, 0.717) is 30.5 Å². The Kier molecular flexibility index (Phi) is 9.21. The second-order valence-electron chi connectivity index (χ2n) is 9.72. The molecule has 0 aliphatic carbocycles. The molecule has 2 aromatic carbocycles. The number of carbonyl (C=O) groups is 1. The zero-order valence-corrected chi connectivity index (χ0v) is 21.1. The van der Waals surface area contributed by atoms with Gasteiger partial charge in [-0.15, -0.1) is 0 Å². The number of amides is 1. The first-order valence-electron chi connectivity index (χ1n) is 13.0. The highest BCUT2D eigenvalue weighted by molar-refractivity contribution is 7.90. The van der Waals surface area contributed by atoms with Crippen LogP contribution >= 0.6 is 0 Å². The van der Waals surface area contributed by atoms with Crippen LogP contribution in [0.2, 0.25) is 0 Å². The molecule has 1 N–H and O–H groups in total. The predicted octanol–water partition coefficient (Wildman–Crippen LogP) is 5.48. The lowest BCUT2D eigenvalue weighted by molar-refractivity contribution is -0.119. The lowest BCUT2D eigenvalue weighted by Gasteiger charge is -2.28. The van der Waals surface area contributed by atoms with Crippen LogP contribution in [0.5, 0.6) is 5.75 Å². The van der Waals surface area contributed by atoms with E-state index in [1.807, 2.05) is 30.3 Å². The van der Waals surface area contributed by atoms with Crippen LogP contribution in [-0.2, 0) is 19.6 Å². The fourth-order valence-corrected chi connectivity index (χ4v) is 6.61. The fraction of sp³-hybridized carbons (Fsp3) is 0.536. The first-order chi connectivity index (χ1) is 17.0. The molecule has 1 amide bonds. The second-order valence-corrected chi connectivity index (χ2v) is 11.4. The summed E-state index contributed by atoms with van der Waals surface area (Å²) < 4.78 is 38.8. The minimum atomic E-state index is -3.78. The van der Waals surface area contributed by atoms with Gasteiger partial charge in [-0.2, -0.15) is 0 Å². The maximum Gasteiger partial charge on any atom is 0.264 e. The van der Waals surface area contributed by atoms with Gasteiger partial charge in [0.1, 0.15) is 5.75 Å². The second kappa shape index (κ2) is 12.5. The number of sulfonamides is 1. The number of carbonyl (C=O) groups excluding carboxylic acids is 1. The molecule has 4 rings (SSSR count). The molecule has 0 saturated carbocycles. The zero-order valence-electron chi connectivity index (χ0n) is 20.3. The summed E-state index contributed by atoms with van der Waals surface area (Å²) in [5.41, 5.74) is 0. The molecule has 0 aromatic heterocycles. The monoisotopic (exact) mass is 499 g/mol. The number of hydrogen-bond acceptors (Lipinski definition) is 5. The molecule has 2 saturated heterocycles. The molecule has 2 heterocycles. The van der Waals surface area contributed by atoms with Gasteiger partial charge in [-0.05, 0) is 74.6 Å². The van der Waals surface area contributed by atoms with Crippen LogP contribution < -0.4 is 9.46 Å². The number of rotatable bonds is 14. The van der Waals surface area contributed by atoms with Gasteiger partial charge >= 0.3 is 0 Å². The summed E-state index contributed by atoms with van der Waals surface area (Å²) in [6, 6.07) is 18.0. The van der Waals surface area contributed by atoms with Crippen LogP contribution in [0.1, 0.15) is 64.2 Å². The van der Waals surface area contributed by atoms with Gasteiger partial charge in [0.25, 0.3) is 10.0 Å². The topological polar surface area (TPSA) is 81.7 Å². The van der Waals surface area contributed by atoms with Crippen molar-refractivity contribution in [1.82, 2.24) is 4.72 Å². The van der Waals surface area contributed by atoms with E-state index >= 15 is 0 Å². The van der Waals surface area contributed by atoms with Crippen LogP contribution in [0, 0.1) is 11.8 Å². The maximum atomic E-state index is 12.2. The fourth-order valence-electron chi connectivity index (χ4n) is 5.57. The van der Waals surface area contributed by atoms with Crippen LogP contribution in [-0.4, -0.2) is 33.1 Å². The Balaban J connectivity index is 1.11. The Labute approximate surface area is 209 Å². The van der Waals surface area contributed by atoms with Crippen molar-refractivity contribution in [1.29, 1.82) is 0 Å². The van der Waals surface area contributed by atoms with Gasteiger partial charge < -0.3 is 9.47 Å². The summed E-state index contributed by atoms with van der Waals surface area (Å²) >= 11 is 0. The molecule has 4 atom stereocenters. The molecule has 6 nitrogen and oxygen atoms in total. The highest BCUT2D eigenvalue weighted by atomic mass is 32.2. The minimum Gasteiger partial charge on any atom is -0.494 e. The molecule has 35 heavy (non-hydrogen) atoms. The van der Waals surface area contributed by atoms with E-state index in [4.69, 9.17) is 9.47 Å². The molecule has 7 heteroatoms. The van der Waals surface area contributed by atoms with Gasteiger partial charge in [0, 0.05) is 6.42 Å². The molecular weight excluding hydrogens is 462 g/mol. The zero-order chi connectivity index (χ0) is 24.5. The summed E-state index contributed by atoms with van der Waals surface area (Å²) in [5, 5.41) is 0. The summed E-state index contributed by atoms with van der Waals surface area (Å²) in [7, 11) is -3.78. The molecule has 190 valence electrons. The van der Waals surface area contributed by atoms with Gasteiger partial charge in [0.2, 0.25) is 5.91 Å². The number of fused-ring (bicyclic) bond motifs is 2. The molecule has 2 fully saturated rings. The predicted molar refractivity (Wildman–Crippen MR) is 136 cm³/mol. The van der Waals surface area contributed by atoms with Gasteiger partial charge in [-0.25, -0.2) is 13.1 Å². The minimum absolute atomic E-state index is 0.114. The average molecular weight is 500 g/mol. The highest BCUT2D eigenvalue weighted by Gasteiger charge is 2.47. The van der Waals surface area contributed by atoms with Gasteiger partial charge in [-0.1, -0.05) is 55.7 Å². The lowest BCUT2D eigenvalue weighted by atomic mass is 9.74. The Morgan fingerprint density at radius 2 is 1.43 bits per heavy atom. The number of hydrogen-bond donors (Lipinski definition) is 1. The van der Waals surface area contributed by atoms with Crippen LogP contribution in [0.15, 0.2) is 65.6 Å². The molecule has 2 aliphatic rings. The summed E-state index contributed by atoms with van der Waals surface area (Å²) in [4.78, 5) is 12.2. The van der Waals surface area contributed by atoms with E-state index in [9.17, 15) is 13.2 Å². The summed E-state index contributed by atoms with van der Waals surface area (Å²) in [5.74, 6) is 1.75. The van der Waals surface area contributed by atoms with Crippen molar-refractivity contribution in [2.75, 3.05) is 6.61 Å². The number of unbranched alkanes of at least 4 members (excludes halogenated alkanes) is 3. The van der Waals surface area contributed by atoms with Crippen LogP contribution in [0.25, 0.3) is 0 Å². The van der Waals surface area contributed by atoms with Crippen molar-refractivity contribution in [3.63, 3.8) is 0 Å². The SMILES string of the molecule is O=C(CCCCCC[C@H]1[C@@H](CCCOc2ccccc2)[C@H]2CC[C@@H]1O2)NS(=O)(=O)c1ccccc1. The number of nitrogens with one attached hydrogen (secondary N) is 1. The number of benzene rings is 2. The van der Waals surface area contributed by atoms with E-state index in [-0.39, 0.29) is 11.3 Å². The van der Waals surface area contributed by atoms with Gasteiger partial charge in [-0.3, -0.25) is 4.79 Å². The first kappa shape index (κ1) is 25.7. The van der Waals surface area contributed by atoms with Crippen molar-refractivity contribution in [2.45, 2.75) is 81.3 Å². The van der Waals surface area contributed by atoms with Crippen molar-refractivity contribution in [3.05, 3.63) is 60.7 Å². The van der Waals surface area contributed by atoms with E-state index in [1.54, 1.807) is 18.2 Å². The lowest BCUT2D eigenvalue weighted by Crippen LogP contribution is -2.30. The first-order valence-corrected chi connectivity index (χ1v) is 14.5. The van der Waals surface area contributed by atoms with E-state index in [2.05, 4.69) is 4.72 Å². The van der Waals surface area contributed by atoms with Crippen molar-refractivity contribution < 1.29 is 22.7 Å². The van der Waals surface area contributed by atoms with E-state index in [0.717, 1.165) is 44.5 Å². The maximum absolute atomic E-state index is 12.2. The van der Waals surface area contributed by atoms with E-state index < -0.39 is 15.9 Å². The standard InChI is InChI=1S/C28H37NO5S/c30-28(29-35(31,32)23-14-7-4-8-15-23)18-10-2-1-9-16-24-25(27-20-19-26(24)34-27)17-11-21-33-22-12-5-3-6-13-22/h3-8,12-15,24-27H,1-2,9-11,16-21H2,(H,29,30)/t24-,25+,26-,27+/m0/s1. The molecule has 2 aliphatic heterocycles. The third-order valence-corrected chi connectivity index (χ3v) is 8.67. The highest BCUT2D eigenvalue weighted by Crippen LogP contribution is 2.47. The normalized spacial score (nSPS) is 23.3. The Bertz CT molecular complexity index is 1030. The van der Waals surface area contributed by atoms with Crippen molar-refractivity contribution in [3.8, 4) is 5.75 Å². The molecular formula is C28H37NO5S. The van der Waals surface area contributed by atoms with Crippen LogP contribution in [0.4, 0.5) is 0 Å². The Morgan fingerprint density at radius 1 is 0.829 bits per heavy atom. The largest absolute Gasteiger partial charge is 0.494 e. The van der Waals surface area contributed by atoms with Gasteiger partial charge in [0.05, 0.1) is 23.7 Å². The third-order valence-electron chi connectivity index (χ3n) is 7.28. The number of ether oxygens (including phenoxy) is 2. The molecule has 2 aromatic rings. The molecule has 2 bridgehead atoms. The number of para-hydroxylation sites is 1. The quantitative estimate of drug-likeness (QED) is 0.348. The molecule has 0 radical (unpaired) electrons. The summed E-state index contributed by atoms with van der Waals surface area (Å²) in [6.07, 6.45) is 10.6. The molecule has 0 spiro atoms. The van der Waals surface area contributed by atoms with Gasteiger partial charge in [0.15, 0.2) is 0 Å². The molecule has 0 unspecified atom stereocenters. The summed E-state index contributed by atoms with van der Waals surface area (Å²) in [6.45, 7) is 0.743. The van der Waals surface area contributed by atoms with Crippen molar-refractivity contribution >= 4 is 15.9 Å². The Morgan fingerprint density at radius 3 is 2.11 bits per heavy atom. The van der Waals surface area contributed by atoms with Crippen molar-refractivity contribution in [2.24, 2.45) is 11.8 Å². The average Bonchev–Trinajstić information content (AvgIpc) is 3.47. The third kappa shape index (κ3) is 7.31. The van der Waals surface area contributed by atoms with Crippen LogP contribution in [0.3, 0.4) is 0 Å². The Hall–Kier alpha value is -2.38. The smallest absolute Gasteiger partial charge is 0.264 e. The van der Waals surface area contributed by atoms with E-state index in [1.165, 1.54) is 31.4 Å².